The Labute approximate surface area is 148 Å². The van der Waals surface area contributed by atoms with E-state index in [4.69, 9.17) is 0 Å². The van der Waals surface area contributed by atoms with Crippen LogP contribution in [-0.2, 0) is 0 Å². The van der Waals surface area contributed by atoms with E-state index in [1.54, 1.807) is 30.3 Å². The Bertz CT molecular complexity index is 995. The molecule has 1 saturated heterocycles. The highest BCUT2D eigenvalue weighted by molar-refractivity contribution is 7.21. The number of anilines is 1. The van der Waals surface area contributed by atoms with E-state index in [0.29, 0.717) is 6.04 Å². The summed E-state index contributed by atoms with van der Waals surface area (Å²) in [5.41, 5.74) is 1.22. The number of hydrogen-bond acceptors (Lipinski definition) is 6. The van der Waals surface area contributed by atoms with E-state index in [2.05, 4.69) is 55.3 Å². The van der Waals surface area contributed by atoms with Gasteiger partial charge in [-0.25, -0.2) is 19.6 Å². The summed E-state index contributed by atoms with van der Waals surface area (Å²) in [7, 11) is 0. The number of hydrogen-bond donors (Lipinski definition) is 0. The maximum absolute atomic E-state index is 4.59. The highest BCUT2D eigenvalue weighted by Gasteiger charge is 2.27. The molecule has 7 heteroatoms. The molecule has 4 heterocycles. The molecule has 0 bridgehead atoms. The zero-order valence-corrected chi connectivity index (χ0v) is 14.3. The lowest BCUT2D eigenvalue weighted by molar-refractivity contribution is 0.493. The molecule has 1 aliphatic heterocycles. The van der Waals surface area contributed by atoms with Crippen molar-refractivity contribution in [3.8, 4) is 10.4 Å². The van der Waals surface area contributed by atoms with E-state index in [9.17, 15) is 0 Å². The van der Waals surface area contributed by atoms with Crippen LogP contribution in [0.15, 0.2) is 55.4 Å². The van der Waals surface area contributed by atoms with Crippen LogP contribution in [0.1, 0.15) is 12.5 Å². The van der Waals surface area contributed by atoms with Gasteiger partial charge in [-0.15, -0.1) is 11.3 Å². The van der Waals surface area contributed by atoms with Gasteiger partial charge in [-0.1, -0.05) is 30.3 Å². The average Bonchev–Trinajstić information content (AvgIpc) is 3.40. The molecular weight excluding hydrogens is 332 g/mol. The summed E-state index contributed by atoms with van der Waals surface area (Å²) in [4.78, 5) is 17.7. The number of benzene rings is 1. The van der Waals surface area contributed by atoms with E-state index in [-0.39, 0.29) is 0 Å². The number of fused-ring (bicyclic) bond motifs is 1. The van der Waals surface area contributed by atoms with Crippen LogP contribution in [-0.4, -0.2) is 37.8 Å². The van der Waals surface area contributed by atoms with Crippen molar-refractivity contribution in [1.82, 2.24) is 24.7 Å². The van der Waals surface area contributed by atoms with E-state index in [1.807, 2.05) is 10.7 Å². The molecule has 1 atom stereocenters. The molecule has 0 saturated carbocycles. The standard InChI is InChI=1S/C18H16N6S/c1-2-4-13(5-3-1)16-8-15-17(20-11-21-18(15)25-16)23-7-6-14(9-23)24-12-19-10-22-24/h1-5,8,10-12,14H,6-7,9H2. The Morgan fingerprint density at radius 1 is 1.08 bits per heavy atom. The summed E-state index contributed by atoms with van der Waals surface area (Å²) in [5, 5.41) is 5.41. The number of aromatic nitrogens is 5. The van der Waals surface area contributed by atoms with Gasteiger partial charge in [0.15, 0.2) is 0 Å². The normalized spacial score (nSPS) is 17.4. The molecule has 1 aromatic carbocycles. The molecule has 0 spiro atoms. The van der Waals surface area contributed by atoms with Gasteiger partial charge in [0.25, 0.3) is 0 Å². The Morgan fingerprint density at radius 2 is 2.00 bits per heavy atom. The molecule has 1 aliphatic rings. The Hall–Kier alpha value is -2.80. The van der Waals surface area contributed by atoms with E-state index < -0.39 is 0 Å². The van der Waals surface area contributed by atoms with Crippen molar-refractivity contribution in [2.45, 2.75) is 12.5 Å². The van der Waals surface area contributed by atoms with Gasteiger partial charge in [-0.2, -0.15) is 5.10 Å². The van der Waals surface area contributed by atoms with Gasteiger partial charge in [-0.05, 0) is 18.1 Å². The summed E-state index contributed by atoms with van der Waals surface area (Å²) in [6.07, 6.45) is 6.11. The second kappa shape index (κ2) is 5.93. The number of thiophene rings is 1. The Kier molecular flexibility index (Phi) is 3.45. The van der Waals surface area contributed by atoms with Crippen LogP contribution < -0.4 is 4.90 Å². The zero-order chi connectivity index (χ0) is 16.6. The molecule has 1 fully saturated rings. The molecule has 1 unspecified atom stereocenters. The van der Waals surface area contributed by atoms with Crippen LogP contribution in [0.2, 0.25) is 0 Å². The highest BCUT2D eigenvalue weighted by atomic mass is 32.1. The maximum Gasteiger partial charge on any atom is 0.140 e. The second-order valence-electron chi connectivity index (χ2n) is 6.16. The van der Waals surface area contributed by atoms with Crippen molar-refractivity contribution in [2.75, 3.05) is 18.0 Å². The second-order valence-corrected chi connectivity index (χ2v) is 7.19. The van der Waals surface area contributed by atoms with Crippen molar-refractivity contribution < 1.29 is 0 Å². The third-order valence-corrected chi connectivity index (χ3v) is 5.73. The minimum Gasteiger partial charge on any atom is -0.354 e. The van der Waals surface area contributed by atoms with Gasteiger partial charge in [0.05, 0.1) is 11.4 Å². The monoisotopic (exact) mass is 348 g/mol. The molecule has 0 amide bonds. The SMILES string of the molecule is c1ccc(-c2cc3c(N4CCC(n5cncn5)C4)ncnc3s2)cc1. The number of rotatable bonds is 3. The molecule has 3 aromatic heterocycles. The lowest BCUT2D eigenvalue weighted by atomic mass is 10.2. The first-order chi connectivity index (χ1) is 12.4. The minimum absolute atomic E-state index is 0.347. The van der Waals surface area contributed by atoms with Crippen molar-refractivity contribution in [2.24, 2.45) is 0 Å². The first kappa shape index (κ1) is 14.5. The fourth-order valence-corrected chi connectivity index (χ4v) is 4.39. The molecule has 0 N–H and O–H groups in total. The topological polar surface area (TPSA) is 59.7 Å². The van der Waals surface area contributed by atoms with Crippen molar-refractivity contribution in [3.05, 3.63) is 55.4 Å². The van der Waals surface area contributed by atoms with E-state index in [1.165, 1.54) is 10.4 Å². The molecule has 6 nitrogen and oxygen atoms in total. The van der Waals surface area contributed by atoms with Gasteiger partial charge in [0.2, 0.25) is 0 Å². The summed E-state index contributed by atoms with van der Waals surface area (Å²) in [5.74, 6) is 1.02. The molecule has 5 rings (SSSR count). The molecule has 124 valence electrons. The highest BCUT2D eigenvalue weighted by Crippen LogP contribution is 2.37. The van der Waals surface area contributed by atoms with Crippen molar-refractivity contribution in [1.29, 1.82) is 0 Å². The quantitative estimate of drug-likeness (QED) is 0.568. The molecule has 25 heavy (non-hydrogen) atoms. The summed E-state index contributed by atoms with van der Waals surface area (Å²) in [6, 6.07) is 13.0. The van der Waals surface area contributed by atoms with Crippen LogP contribution in [0, 0.1) is 0 Å². The summed E-state index contributed by atoms with van der Waals surface area (Å²) in [6.45, 7) is 1.86. The van der Waals surface area contributed by atoms with Crippen LogP contribution in [0.3, 0.4) is 0 Å². The summed E-state index contributed by atoms with van der Waals surface area (Å²) < 4.78 is 1.95. The van der Waals surface area contributed by atoms with Crippen molar-refractivity contribution >= 4 is 27.4 Å². The molecule has 4 aromatic rings. The third kappa shape index (κ3) is 2.56. The van der Waals surface area contributed by atoms with Crippen LogP contribution in [0.25, 0.3) is 20.7 Å². The smallest absolute Gasteiger partial charge is 0.140 e. The zero-order valence-electron chi connectivity index (χ0n) is 13.5. The first-order valence-electron chi connectivity index (χ1n) is 8.27. The molecular formula is C18H16N6S. The van der Waals surface area contributed by atoms with Crippen LogP contribution in [0.5, 0.6) is 0 Å². The lowest BCUT2D eigenvalue weighted by Crippen LogP contribution is -2.22. The molecule has 0 radical (unpaired) electrons. The lowest BCUT2D eigenvalue weighted by Gasteiger charge is -2.17. The fraction of sp³-hybridized carbons (Fsp3) is 0.222. The fourth-order valence-electron chi connectivity index (χ4n) is 3.40. The third-order valence-electron chi connectivity index (χ3n) is 4.64. The van der Waals surface area contributed by atoms with Gasteiger partial charge in [-0.3, -0.25) is 0 Å². The summed E-state index contributed by atoms with van der Waals surface area (Å²) >= 11 is 1.72. The predicted octanol–water partition coefficient (Wildman–Crippen LogP) is 3.40. The largest absolute Gasteiger partial charge is 0.354 e. The van der Waals surface area contributed by atoms with Crippen molar-refractivity contribution in [3.63, 3.8) is 0 Å². The van der Waals surface area contributed by atoms with Crippen LogP contribution in [0.4, 0.5) is 5.82 Å². The molecule has 0 aliphatic carbocycles. The minimum atomic E-state index is 0.347. The first-order valence-corrected chi connectivity index (χ1v) is 9.09. The van der Waals surface area contributed by atoms with Gasteiger partial charge >= 0.3 is 0 Å². The van der Waals surface area contributed by atoms with Gasteiger partial charge < -0.3 is 4.90 Å². The van der Waals surface area contributed by atoms with E-state index >= 15 is 0 Å². The maximum atomic E-state index is 4.59. The van der Waals surface area contributed by atoms with Gasteiger partial charge in [0, 0.05) is 18.0 Å². The van der Waals surface area contributed by atoms with Gasteiger partial charge in [0.1, 0.15) is 29.6 Å². The Balaban J connectivity index is 1.51. The van der Waals surface area contributed by atoms with E-state index in [0.717, 1.165) is 35.5 Å². The number of nitrogens with zero attached hydrogens (tertiary/aromatic N) is 6. The van der Waals surface area contributed by atoms with Crippen LogP contribution >= 0.6 is 11.3 Å². The Morgan fingerprint density at radius 3 is 2.84 bits per heavy atom. The average molecular weight is 348 g/mol. The predicted molar refractivity (Wildman–Crippen MR) is 98.7 cm³/mol.